The van der Waals surface area contributed by atoms with Crippen LogP contribution in [0.25, 0.3) is 0 Å². The quantitative estimate of drug-likeness (QED) is 0.792. The zero-order valence-corrected chi connectivity index (χ0v) is 8.61. The minimum absolute atomic E-state index is 0.0729. The maximum atomic E-state index is 10.6. The van der Waals surface area contributed by atoms with Crippen LogP contribution in [0.1, 0.15) is 31.8 Å². The fourth-order valence-corrected chi connectivity index (χ4v) is 1.30. The highest BCUT2D eigenvalue weighted by molar-refractivity contribution is 5.68. The lowest BCUT2D eigenvalue weighted by molar-refractivity contribution is -0.138. The number of carbonyl (C=O) groups is 1. The van der Waals surface area contributed by atoms with Crippen molar-refractivity contribution in [2.75, 3.05) is 0 Å². The Morgan fingerprint density at radius 1 is 1.57 bits per heavy atom. The van der Waals surface area contributed by atoms with Gasteiger partial charge in [0.05, 0.1) is 12.1 Å². The van der Waals surface area contributed by atoms with Crippen LogP contribution in [-0.2, 0) is 10.2 Å². The third-order valence-electron chi connectivity index (χ3n) is 2.06. The number of aromatic nitrogens is 2. The fourth-order valence-electron chi connectivity index (χ4n) is 1.30. The maximum absolute atomic E-state index is 10.6. The molecule has 0 fully saturated rings. The molecule has 0 atom stereocenters. The Hall–Kier alpha value is -1.45. The second kappa shape index (κ2) is 3.74. The molecule has 4 nitrogen and oxygen atoms in total. The predicted molar refractivity (Wildman–Crippen MR) is 52.0 cm³/mol. The highest BCUT2D eigenvalue weighted by Crippen LogP contribution is 2.24. The molecule has 0 saturated heterocycles. The lowest BCUT2D eigenvalue weighted by Crippen LogP contribution is -2.23. The molecule has 1 heterocycles. The number of nitrogens with zero attached hydrogens (tertiary/aromatic N) is 2. The van der Waals surface area contributed by atoms with Crippen LogP contribution < -0.4 is 0 Å². The Bertz CT molecular complexity index is 348. The van der Waals surface area contributed by atoms with Crippen LogP contribution in [0.15, 0.2) is 12.3 Å². The van der Waals surface area contributed by atoms with Crippen LogP contribution in [0.5, 0.6) is 0 Å². The molecule has 4 heteroatoms. The summed E-state index contributed by atoms with van der Waals surface area (Å²) < 4.78 is 0. The SMILES string of the molecule is Cc1nccc(C(C)(C)CC(=O)O)n1. The minimum atomic E-state index is -0.814. The molecule has 0 amide bonds. The Kier molecular flexibility index (Phi) is 2.84. The van der Waals surface area contributed by atoms with Gasteiger partial charge in [0.1, 0.15) is 5.82 Å². The van der Waals surface area contributed by atoms with Crippen molar-refractivity contribution in [1.29, 1.82) is 0 Å². The van der Waals surface area contributed by atoms with Gasteiger partial charge >= 0.3 is 5.97 Å². The molecule has 1 rings (SSSR count). The van der Waals surface area contributed by atoms with Gasteiger partial charge in [-0.2, -0.15) is 0 Å². The highest BCUT2D eigenvalue weighted by atomic mass is 16.4. The Morgan fingerprint density at radius 3 is 2.71 bits per heavy atom. The number of rotatable bonds is 3. The zero-order chi connectivity index (χ0) is 10.8. The molecule has 76 valence electrons. The van der Waals surface area contributed by atoms with E-state index in [4.69, 9.17) is 5.11 Å². The van der Waals surface area contributed by atoms with Crippen LogP contribution in [0, 0.1) is 6.92 Å². The van der Waals surface area contributed by atoms with Gasteiger partial charge in [-0.05, 0) is 13.0 Å². The topological polar surface area (TPSA) is 63.1 Å². The fraction of sp³-hybridized carbons (Fsp3) is 0.500. The van der Waals surface area contributed by atoms with Crippen molar-refractivity contribution in [3.63, 3.8) is 0 Å². The first-order chi connectivity index (χ1) is 6.42. The highest BCUT2D eigenvalue weighted by Gasteiger charge is 2.25. The van der Waals surface area contributed by atoms with E-state index in [9.17, 15) is 4.79 Å². The molecule has 0 unspecified atom stereocenters. The van der Waals surface area contributed by atoms with Gasteiger partial charge in [-0.3, -0.25) is 4.79 Å². The van der Waals surface area contributed by atoms with Crippen molar-refractivity contribution in [2.24, 2.45) is 0 Å². The first kappa shape index (κ1) is 10.6. The number of aliphatic carboxylic acids is 1. The van der Waals surface area contributed by atoms with E-state index in [1.165, 1.54) is 0 Å². The summed E-state index contributed by atoms with van der Waals surface area (Å²) >= 11 is 0. The monoisotopic (exact) mass is 194 g/mol. The van der Waals surface area contributed by atoms with E-state index in [-0.39, 0.29) is 6.42 Å². The molecule has 0 aromatic carbocycles. The second-order valence-electron chi connectivity index (χ2n) is 3.94. The maximum Gasteiger partial charge on any atom is 0.304 e. The normalized spacial score (nSPS) is 11.4. The number of hydrogen-bond acceptors (Lipinski definition) is 3. The second-order valence-corrected chi connectivity index (χ2v) is 3.94. The van der Waals surface area contributed by atoms with Gasteiger partial charge in [-0.15, -0.1) is 0 Å². The van der Waals surface area contributed by atoms with Gasteiger partial charge in [-0.1, -0.05) is 13.8 Å². The predicted octanol–water partition coefficient (Wildman–Crippen LogP) is 1.54. The molecule has 14 heavy (non-hydrogen) atoms. The first-order valence-corrected chi connectivity index (χ1v) is 4.44. The molecule has 0 radical (unpaired) electrons. The van der Waals surface area contributed by atoms with E-state index in [1.807, 2.05) is 13.8 Å². The molecular formula is C10H14N2O2. The van der Waals surface area contributed by atoms with Crippen LogP contribution >= 0.6 is 0 Å². The van der Waals surface area contributed by atoms with Crippen molar-refractivity contribution < 1.29 is 9.90 Å². The summed E-state index contributed by atoms with van der Waals surface area (Å²) in [7, 11) is 0. The molecule has 1 N–H and O–H groups in total. The number of carboxylic acid groups (broad SMARTS) is 1. The largest absolute Gasteiger partial charge is 0.481 e. The van der Waals surface area contributed by atoms with Gasteiger partial charge in [0, 0.05) is 11.6 Å². The molecule has 0 aliphatic rings. The number of carboxylic acids is 1. The van der Waals surface area contributed by atoms with Gasteiger partial charge in [0.2, 0.25) is 0 Å². The van der Waals surface area contributed by atoms with Crippen molar-refractivity contribution in [1.82, 2.24) is 9.97 Å². The average molecular weight is 194 g/mol. The summed E-state index contributed by atoms with van der Waals surface area (Å²) in [6, 6.07) is 1.76. The Labute approximate surface area is 83.0 Å². The van der Waals surface area contributed by atoms with Crippen molar-refractivity contribution in [3.8, 4) is 0 Å². The van der Waals surface area contributed by atoms with E-state index >= 15 is 0 Å². The van der Waals surface area contributed by atoms with Gasteiger partial charge in [0.15, 0.2) is 0 Å². The molecule has 0 saturated carbocycles. The zero-order valence-electron chi connectivity index (χ0n) is 8.61. The van der Waals surface area contributed by atoms with Crippen LogP contribution in [0.4, 0.5) is 0 Å². The van der Waals surface area contributed by atoms with E-state index in [2.05, 4.69) is 9.97 Å². The third-order valence-corrected chi connectivity index (χ3v) is 2.06. The van der Waals surface area contributed by atoms with Crippen molar-refractivity contribution in [3.05, 3.63) is 23.8 Å². The Balaban J connectivity index is 2.97. The van der Waals surface area contributed by atoms with E-state index in [0.29, 0.717) is 5.82 Å². The van der Waals surface area contributed by atoms with Crippen molar-refractivity contribution >= 4 is 5.97 Å². The van der Waals surface area contributed by atoms with E-state index in [0.717, 1.165) is 5.69 Å². The van der Waals surface area contributed by atoms with Crippen molar-refractivity contribution in [2.45, 2.75) is 32.6 Å². The summed E-state index contributed by atoms with van der Waals surface area (Å²) in [5.41, 5.74) is 0.326. The summed E-state index contributed by atoms with van der Waals surface area (Å²) in [5.74, 6) is -0.146. The van der Waals surface area contributed by atoms with Gasteiger partial charge in [0.25, 0.3) is 0 Å². The molecule has 0 aliphatic carbocycles. The standard InChI is InChI=1S/C10H14N2O2/c1-7-11-5-4-8(12-7)10(2,3)6-9(13)14/h4-5H,6H2,1-3H3,(H,13,14). The summed E-state index contributed by atoms with van der Waals surface area (Å²) in [6.07, 6.45) is 1.73. The van der Waals surface area contributed by atoms with E-state index in [1.54, 1.807) is 19.2 Å². The molecule has 0 spiro atoms. The number of hydrogen-bond donors (Lipinski definition) is 1. The lowest BCUT2D eigenvalue weighted by Gasteiger charge is -2.21. The third kappa shape index (κ3) is 2.52. The molecule has 0 aliphatic heterocycles. The minimum Gasteiger partial charge on any atom is -0.481 e. The van der Waals surface area contributed by atoms with Gasteiger partial charge < -0.3 is 5.11 Å². The van der Waals surface area contributed by atoms with Crippen LogP contribution in [0.3, 0.4) is 0 Å². The lowest BCUT2D eigenvalue weighted by atomic mass is 9.85. The number of aryl methyl sites for hydroxylation is 1. The Morgan fingerprint density at radius 2 is 2.21 bits per heavy atom. The molecule has 1 aromatic rings. The molecular weight excluding hydrogens is 180 g/mol. The molecule has 1 aromatic heterocycles. The summed E-state index contributed by atoms with van der Waals surface area (Å²) in [6.45, 7) is 5.52. The average Bonchev–Trinajstić information content (AvgIpc) is 2.01. The van der Waals surface area contributed by atoms with Crippen LogP contribution in [0.2, 0.25) is 0 Å². The smallest absolute Gasteiger partial charge is 0.304 e. The van der Waals surface area contributed by atoms with E-state index < -0.39 is 11.4 Å². The first-order valence-electron chi connectivity index (χ1n) is 4.44. The van der Waals surface area contributed by atoms with Crippen LogP contribution in [-0.4, -0.2) is 21.0 Å². The summed E-state index contributed by atoms with van der Waals surface area (Å²) in [4.78, 5) is 18.8. The summed E-state index contributed by atoms with van der Waals surface area (Å²) in [5, 5.41) is 8.74. The van der Waals surface area contributed by atoms with Gasteiger partial charge in [-0.25, -0.2) is 9.97 Å². The molecule has 0 bridgehead atoms.